The minimum atomic E-state index is 0. The molecule has 2 aliphatic rings. The Bertz CT molecular complexity index is 674. The van der Waals surface area contributed by atoms with Crippen LogP contribution in [0.15, 0.2) is 23.2 Å². The predicted octanol–water partition coefficient (Wildman–Crippen LogP) is 3.01. The van der Waals surface area contributed by atoms with Gasteiger partial charge in [-0.25, -0.2) is 4.99 Å². The summed E-state index contributed by atoms with van der Waals surface area (Å²) < 4.78 is 16.2. The molecule has 1 aliphatic heterocycles. The van der Waals surface area contributed by atoms with Crippen LogP contribution in [-0.4, -0.2) is 64.5 Å². The number of benzene rings is 1. The number of aliphatic imine (C=N–C) groups is 1. The van der Waals surface area contributed by atoms with Gasteiger partial charge < -0.3 is 25.3 Å². The van der Waals surface area contributed by atoms with Crippen LogP contribution in [-0.2, 0) is 11.3 Å². The molecule has 30 heavy (non-hydrogen) atoms. The Hall–Kier alpha value is -1.26. The van der Waals surface area contributed by atoms with Crippen molar-refractivity contribution >= 4 is 29.9 Å². The fourth-order valence-electron chi connectivity index (χ4n) is 4.42. The van der Waals surface area contributed by atoms with Gasteiger partial charge in [-0.05, 0) is 30.5 Å². The Labute approximate surface area is 197 Å². The molecule has 0 unspecified atom stereocenters. The third-order valence-corrected chi connectivity index (χ3v) is 6.10. The highest BCUT2D eigenvalue weighted by atomic mass is 127. The lowest BCUT2D eigenvalue weighted by Gasteiger charge is -2.42. The maximum Gasteiger partial charge on any atom is 0.188 e. The average Bonchev–Trinajstić information content (AvgIpc) is 2.77. The van der Waals surface area contributed by atoms with Crippen molar-refractivity contribution in [1.82, 2.24) is 10.2 Å². The van der Waals surface area contributed by atoms with E-state index in [0.29, 0.717) is 24.0 Å². The highest BCUT2D eigenvalue weighted by Gasteiger charge is 2.34. The fourth-order valence-corrected chi connectivity index (χ4v) is 4.42. The van der Waals surface area contributed by atoms with Gasteiger partial charge >= 0.3 is 0 Å². The van der Waals surface area contributed by atoms with Crippen LogP contribution >= 0.6 is 24.0 Å². The molecule has 3 rings (SSSR count). The summed E-state index contributed by atoms with van der Waals surface area (Å²) in [7, 11) is 3.27. The third-order valence-electron chi connectivity index (χ3n) is 6.10. The number of hydrogen-bond acceptors (Lipinski definition) is 5. The topological polar surface area (TPSA) is 81.3 Å². The molecule has 0 atom stereocenters. The molecule has 1 saturated carbocycles. The molecule has 1 aromatic rings. The van der Waals surface area contributed by atoms with Crippen molar-refractivity contribution in [1.29, 1.82) is 0 Å². The van der Waals surface area contributed by atoms with Gasteiger partial charge in [0.05, 0.1) is 34.0 Å². The first-order chi connectivity index (χ1) is 14.1. The van der Waals surface area contributed by atoms with E-state index in [-0.39, 0.29) is 29.4 Å². The summed E-state index contributed by atoms with van der Waals surface area (Å²) in [5, 5.41) is 3.42. The summed E-state index contributed by atoms with van der Waals surface area (Å²) in [5.74, 6) is 1.93. The van der Waals surface area contributed by atoms with Crippen molar-refractivity contribution in [3.05, 3.63) is 23.8 Å². The van der Waals surface area contributed by atoms with Crippen molar-refractivity contribution in [2.24, 2.45) is 16.1 Å². The zero-order valence-corrected chi connectivity index (χ0v) is 20.7. The number of nitrogens with one attached hydrogen (secondary N) is 1. The van der Waals surface area contributed by atoms with E-state index in [0.717, 1.165) is 45.0 Å². The van der Waals surface area contributed by atoms with Gasteiger partial charge in [-0.2, -0.15) is 0 Å². The molecule has 7 nitrogen and oxygen atoms in total. The standard InChI is InChI=1S/C22H36N4O3.HI/c1-27-19-7-6-18(14-20(19)28-2)15-24-21(23)25-16-22(8-4-3-5-9-22)17-26-10-12-29-13-11-26;/h6-7,14H,3-5,8-13,15-17H2,1-2H3,(H3,23,24,25);1H. The summed E-state index contributed by atoms with van der Waals surface area (Å²) in [6, 6.07) is 5.82. The molecule has 1 aromatic carbocycles. The lowest BCUT2D eigenvalue weighted by atomic mass is 9.73. The number of methoxy groups -OCH3 is 2. The number of guanidine groups is 1. The molecule has 1 saturated heterocycles. The third kappa shape index (κ3) is 7.16. The predicted molar refractivity (Wildman–Crippen MR) is 131 cm³/mol. The first kappa shape index (κ1) is 25.0. The zero-order valence-electron chi connectivity index (χ0n) is 18.3. The number of nitrogens with two attached hydrogens (primary N) is 1. The molecule has 1 heterocycles. The molecule has 0 bridgehead atoms. The van der Waals surface area contributed by atoms with Gasteiger partial charge in [-0.15, -0.1) is 24.0 Å². The highest BCUT2D eigenvalue weighted by molar-refractivity contribution is 14.0. The van der Waals surface area contributed by atoms with E-state index in [1.165, 1.54) is 32.1 Å². The Balaban J connectivity index is 0.00000320. The van der Waals surface area contributed by atoms with Crippen molar-refractivity contribution in [3.8, 4) is 11.5 Å². The number of morpholine rings is 1. The van der Waals surface area contributed by atoms with Gasteiger partial charge in [-0.1, -0.05) is 25.3 Å². The summed E-state index contributed by atoms with van der Waals surface area (Å²) in [6.07, 6.45) is 6.44. The van der Waals surface area contributed by atoms with E-state index >= 15 is 0 Å². The van der Waals surface area contributed by atoms with Crippen molar-refractivity contribution in [3.63, 3.8) is 0 Å². The van der Waals surface area contributed by atoms with Crippen LogP contribution in [0.4, 0.5) is 0 Å². The van der Waals surface area contributed by atoms with Crippen LogP contribution in [0.25, 0.3) is 0 Å². The van der Waals surface area contributed by atoms with Gasteiger partial charge in [0.2, 0.25) is 0 Å². The van der Waals surface area contributed by atoms with Gasteiger partial charge in [0.15, 0.2) is 17.5 Å². The Morgan fingerprint density at radius 1 is 1.13 bits per heavy atom. The zero-order chi connectivity index (χ0) is 20.5. The largest absolute Gasteiger partial charge is 0.493 e. The second-order valence-corrected chi connectivity index (χ2v) is 8.19. The van der Waals surface area contributed by atoms with E-state index in [1.807, 2.05) is 18.2 Å². The lowest BCUT2D eigenvalue weighted by molar-refractivity contribution is 0.00823. The van der Waals surface area contributed by atoms with Crippen LogP contribution in [0.1, 0.15) is 37.7 Å². The summed E-state index contributed by atoms with van der Waals surface area (Å²) in [4.78, 5) is 7.09. The summed E-state index contributed by atoms with van der Waals surface area (Å²) in [6.45, 7) is 6.26. The fraction of sp³-hybridized carbons (Fsp3) is 0.682. The molecule has 0 amide bonds. The number of halogens is 1. The second kappa shape index (κ2) is 12.6. The van der Waals surface area contributed by atoms with E-state index in [9.17, 15) is 0 Å². The van der Waals surface area contributed by atoms with Gasteiger partial charge in [0.1, 0.15) is 0 Å². The molecule has 8 heteroatoms. The number of rotatable bonds is 8. The molecule has 0 aromatic heterocycles. The summed E-state index contributed by atoms with van der Waals surface area (Å²) in [5.41, 5.74) is 7.52. The molecule has 0 spiro atoms. The van der Waals surface area contributed by atoms with E-state index in [1.54, 1.807) is 14.2 Å². The molecule has 3 N–H and O–H groups in total. The Morgan fingerprint density at radius 3 is 2.50 bits per heavy atom. The smallest absolute Gasteiger partial charge is 0.188 e. The lowest BCUT2D eigenvalue weighted by Crippen LogP contribution is -2.50. The molecular formula is C22H37IN4O3. The minimum Gasteiger partial charge on any atom is -0.493 e. The number of nitrogens with zero attached hydrogens (tertiary/aromatic N) is 2. The van der Waals surface area contributed by atoms with Crippen molar-refractivity contribution < 1.29 is 14.2 Å². The first-order valence-corrected chi connectivity index (χ1v) is 10.7. The monoisotopic (exact) mass is 532 g/mol. The van der Waals surface area contributed by atoms with Gasteiger partial charge in [-0.3, -0.25) is 4.90 Å². The van der Waals surface area contributed by atoms with E-state index in [4.69, 9.17) is 19.9 Å². The Kier molecular flexibility index (Phi) is 10.5. The summed E-state index contributed by atoms with van der Waals surface area (Å²) >= 11 is 0. The maximum atomic E-state index is 6.21. The second-order valence-electron chi connectivity index (χ2n) is 8.19. The molecular weight excluding hydrogens is 495 g/mol. The highest BCUT2D eigenvalue weighted by Crippen LogP contribution is 2.36. The number of hydrogen-bond donors (Lipinski definition) is 2. The van der Waals surface area contributed by atoms with Crippen molar-refractivity contribution in [2.75, 3.05) is 53.6 Å². The van der Waals surface area contributed by atoms with Gasteiger partial charge in [0.25, 0.3) is 0 Å². The van der Waals surface area contributed by atoms with Gasteiger partial charge in [0, 0.05) is 31.6 Å². The molecule has 0 radical (unpaired) electrons. The minimum absolute atomic E-state index is 0. The van der Waals surface area contributed by atoms with Crippen LogP contribution < -0.4 is 20.5 Å². The van der Waals surface area contributed by atoms with E-state index in [2.05, 4.69) is 15.2 Å². The van der Waals surface area contributed by atoms with Crippen LogP contribution in [0.2, 0.25) is 0 Å². The SMILES string of the molecule is COc1ccc(CN=C(N)NCC2(CN3CCOCC3)CCCCC2)cc1OC.I. The average molecular weight is 532 g/mol. The molecule has 2 fully saturated rings. The normalized spacial score (nSPS) is 19.6. The molecule has 1 aliphatic carbocycles. The molecule has 170 valence electrons. The quantitative estimate of drug-likeness (QED) is 0.305. The van der Waals surface area contributed by atoms with Crippen LogP contribution in [0.3, 0.4) is 0 Å². The van der Waals surface area contributed by atoms with Crippen LogP contribution in [0, 0.1) is 5.41 Å². The van der Waals surface area contributed by atoms with Crippen molar-refractivity contribution in [2.45, 2.75) is 38.6 Å². The first-order valence-electron chi connectivity index (χ1n) is 10.7. The maximum absolute atomic E-state index is 6.21. The number of ether oxygens (including phenoxy) is 3. The van der Waals surface area contributed by atoms with Crippen LogP contribution in [0.5, 0.6) is 11.5 Å². The Morgan fingerprint density at radius 2 is 1.83 bits per heavy atom. The van der Waals surface area contributed by atoms with E-state index < -0.39 is 0 Å².